The molecule has 1 unspecified atom stereocenters. The van der Waals surface area contributed by atoms with E-state index in [0.29, 0.717) is 12.8 Å². The van der Waals surface area contributed by atoms with Crippen LogP contribution in [-0.4, -0.2) is 33.3 Å². The van der Waals surface area contributed by atoms with Gasteiger partial charge in [-0.25, -0.2) is 8.42 Å². The Balaban J connectivity index is 4.24. The van der Waals surface area contributed by atoms with Crippen molar-refractivity contribution < 1.29 is 17.9 Å². The van der Waals surface area contributed by atoms with Crippen molar-refractivity contribution in [1.29, 1.82) is 5.26 Å². The smallest absolute Gasteiger partial charge is 0.306 e. The van der Waals surface area contributed by atoms with Crippen LogP contribution in [-0.2, 0) is 19.6 Å². The Labute approximate surface area is 95.6 Å². The van der Waals surface area contributed by atoms with E-state index < -0.39 is 22.0 Å². The van der Waals surface area contributed by atoms with Crippen LogP contribution in [0.25, 0.3) is 0 Å². The first-order valence-corrected chi connectivity index (χ1v) is 6.56. The van der Waals surface area contributed by atoms with Crippen molar-refractivity contribution in [2.45, 2.75) is 32.2 Å². The molecule has 0 bridgehead atoms. The van der Waals surface area contributed by atoms with E-state index in [9.17, 15) is 13.2 Å². The standard InChI is InChI=1S/C9H16N2O4S/c1-3-4-8(7-10)11-16(13,14)6-5-9(12)15-2/h8,11H,3-6H2,1-2H3. The molecule has 0 heterocycles. The van der Waals surface area contributed by atoms with Gasteiger partial charge in [0, 0.05) is 0 Å². The maximum absolute atomic E-state index is 11.4. The molecule has 0 aromatic rings. The van der Waals surface area contributed by atoms with Crippen molar-refractivity contribution in [2.24, 2.45) is 0 Å². The molecule has 0 fully saturated rings. The molecule has 0 spiro atoms. The van der Waals surface area contributed by atoms with Crippen LogP contribution in [0.15, 0.2) is 0 Å². The largest absolute Gasteiger partial charge is 0.469 e. The Morgan fingerprint density at radius 2 is 2.19 bits per heavy atom. The van der Waals surface area contributed by atoms with Gasteiger partial charge in [0.2, 0.25) is 10.0 Å². The number of esters is 1. The van der Waals surface area contributed by atoms with Crippen LogP contribution in [0.4, 0.5) is 0 Å². The summed E-state index contributed by atoms with van der Waals surface area (Å²) in [6.45, 7) is 1.85. The zero-order valence-electron chi connectivity index (χ0n) is 9.39. The Morgan fingerprint density at radius 3 is 2.62 bits per heavy atom. The van der Waals surface area contributed by atoms with E-state index >= 15 is 0 Å². The first-order chi connectivity index (χ1) is 7.45. The van der Waals surface area contributed by atoms with Crippen molar-refractivity contribution in [2.75, 3.05) is 12.9 Å². The lowest BCUT2D eigenvalue weighted by molar-refractivity contribution is -0.140. The average molecular weight is 248 g/mol. The van der Waals surface area contributed by atoms with Gasteiger partial charge in [0.1, 0.15) is 6.04 Å². The normalized spacial score (nSPS) is 12.8. The number of nitriles is 1. The SMILES string of the molecule is CCCC(C#N)NS(=O)(=O)CCC(=O)OC. The molecule has 0 aromatic carbocycles. The Kier molecular flexibility index (Phi) is 6.69. The van der Waals surface area contributed by atoms with E-state index in [0.717, 1.165) is 0 Å². The van der Waals surface area contributed by atoms with Gasteiger partial charge in [0.05, 0.1) is 25.4 Å². The monoisotopic (exact) mass is 248 g/mol. The van der Waals surface area contributed by atoms with E-state index in [4.69, 9.17) is 5.26 Å². The highest BCUT2D eigenvalue weighted by Crippen LogP contribution is 1.99. The van der Waals surface area contributed by atoms with Gasteiger partial charge in [-0.2, -0.15) is 9.98 Å². The lowest BCUT2D eigenvalue weighted by atomic mass is 10.2. The maximum Gasteiger partial charge on any atom is 0.306 e. The summed E-state index contributed by atoms with van der Waals surface area (Å²) in [5, 5.41) is 8.68. The molecule has 0 aliphatic carbocycles. The second-order valence-electron chi connectivity index (χ2n) is 3.23. The average Bonchev–Trinajstić information content (AvgIpc) is 2.25. The fourth-order valence-corrected chi connectivity index (χ4v) is 2.19. The molecule has 0 saturated heterocycles. The summed E-state index contributed by atoms with van der Waals surface area (Å²) in [5.74, 6) is -0.948. The summed E-state index contributed by atoms with van der Waals surface area (Å²) in [6.07, 6.45) is 0.946. The summed E-state index contributed by atoms with van der Waals surface area (Å²) < 4.78 is 29.4. The van der Waals surface area contributed by atoms with Crippen molar-refractivity contribution in [1.82, 2.24) is 4.72 Å². The molecule has 92 valence electrons. The number of methoxy groups -OCH3 is 1. The number of ether oxygens (including phenoxy) is 1. The third kappa shape index (κ3) is 6.37. The summed E-state index contributed by atoms with van der Waals surface area (Å²) in [4.78, 5) is 10.8. The number of hydrogen-bond donors (Lipinski definition) is 1. The Hall–Kier alpha value is -1.13. The van der Waals surface area contributed by atoms with E-state index in [2.05, 4.69) is 9.46 Å². The number of hydrogen-bond acceptors (Lipinski definition) is 5. The number of rotatable bonds is 7. The molecule has 0 amide bonds. The van der Waals surface area contributed by atoms with Crippen molar-refractivity contribution in [3.63, 3.8) is 0 Å². The molecule has 1 N–H and O–H groups in total. The van der Waals surface area contributed by atoms with Gasteiger partial charge >= 0.3 is 5.97 Å². The molecule has 0 aliphatic heterocycles. The van der Waals surface area contributed by atoms with Crippen LogP contribution in [0.5, 0.6) is 0 Å². The molecule has 0 radical (unpaired) electrons. The summed E-state index contributed by atoms with van der Waals surface area (Å²) >= 11 is 0. The highest BCUT2D eigenvalue weighted by Gasteiger charge is 2.18. The predicted molar refractivity (Wildman–Crippen MR) is 57.9 cm³/mol. The Morgan fingerprint density at radius 1 is 1.56 bits per heavy atom. The maximum atomic E-state index is 11.4. The number of nitrogens with one attached hydrogen (secondary N) is 1. The van der Waals surface area contributed by atoms with Crippen LogP contribution >= 0.6 is 0 Å². The first-order valence-electron chi connectivity index (χ1n) is 4.91. The van der Waals surface area contributed by atoms with Gasteiger partial charge < -0.3 is 4.74 Å². The van der Waals surface area contributed by atoms with E-state index in [-0.39, 0.29) is 12.2 Å². The zero-order chi connectivity index (χ0) is 12.6. The van der Waals surface area contributed by atoms with Gasteiger partial charge in [-0.1, -0.05) is 13.3 Å². The molecule has 6 nitrogen and oxygen atoms in total. The molecule has 1 atom stereocenters. The molecular formula is C9H16N2O4S. The Bertz CT molecular complexity index is 358. The van der Waals surface area contributed by atoms with Crippen molar-refractivity contribution in [3.8, 4) is 6.07 Å². The minimum absolute atomic E-state index is 0.212. The minimum Gasteiger partial charge on any atom is -0.469 e. The van der Waals surface area contributed by atoms with E-state index in [1.54, 1.807) is 0 Å². The molecule has 0 aliphatic rings. The van der Waals surface area contributed by atoms with Crippen molar-refractivity contribution >= 4 is 16.0 Å². The van der Waals surface area contributed by atoms with Gasteiger partial charge in [-0.15, -0.1) is 0 Å². The summed E-state index contributed by atoms with van der Waals surface area (Å²) in [6, 6.07) is 1.13. The molecule has 0 aromatic heterocycles. The summed E-state index contributed by atoms with van der Waals surface area (Å²) in [7, 11) is -2.40. The topological polar surface area (TPSA) is 96.3 Å². The minimum atomic E-state index is -3.59. The molecule has 0 rings (SSSR count). The molecule has 0 saturated carbocycles. The van der Waals surface area contributed by atoms with Gasteiger partial charge in [0.25, 0.3) is 0 Å². The molecule has 7 heteroatoms. The van der Waals surface area contributed by atoms with Crippen LogP contribution in [0.1, 0.15) is 26.2 Å². The predicted octanol–water partition coefficient (Wildman–Crippen LogP) is 0.161. The number of carbonyl (C=O) groups is 1. The quantitative estimate of drug-likeness (QED) is 0.647. The molecular weight excluding hydrogens is 232 g/mol. The molecule has 16 heavy (non-hydrogen) atoms. The van der Waals surface area contributed by atoms with Gasteiger partial charge in [-0.05, 0) is 6.42 Å². The van der Waals surface area contributed by atoms with Crippen LogP contribution in [0, 0.1) is 11.3 Å². The lowest BCUT2D eigenvalue weighted by Crippen LogP contribution is -2.35. The first kappa shape index (κ1) is 14.9. The fourth-order valence-electron chi connectivity index (χ4n) is 1.03. The van der Waals surface area contributed by atoms with Crippen LogP contribution in [0.2, 0.25) is 0 Å². The third-order valence-corrected chi connectivity index (χ3v) is 3.24. The van der Waals surface area contributed by atoms with E-state index in [1.165, 1.54) is 7.11 Å². The van der Waals surface area contributed by atoms with Crippen LogP contribution < -0.4 is 4.72 Å². The second kappa shape index (κ2) is 7.19. The van der Waals surface area contributed by atoms with Gasteiger partial charge in [-0.3, -0.25) is 4.79 Å². The van der Waals surface area contributed by atoms with Crippen molar-refractivity contribution in [3.05, 3.63) is 0 Å². The summed E-state index contributed by atoms with van der Waals surface area (Å²) in [5.41, 5.74) is 0. The highest BCUT2D eigenvalue weighted by molar-refractivity contribution is 7.89. The number of sulfonamides is 1. The number of nitrogens with zero attached hydrogens (tertiary/aromatic N) is 1. The number of carbonyl (C=O) groups excluding carboxylic acids is 1. The fraction of sp³-hybridized carbons (Fsp3) is 0.778. The lowest BCUT2D eigenvalue weighted by Gasteiger charge is -2.10. The van der Waals surface area contributed by atoms with Crippen LogP contribution in [0.3, 0.4) is 0 Å². The highest BCUT2D eigenvalue weighted by atomic mass is 32.2. The zero-order valence-corrected chi connectivity index (χ0v) is 10.2. The van der Waals surface area contributed by atoms with Gasteiger partial charge in [0.15, 0.2) is 0 Å². The second-order valence-corrected chi connectivity index (χ2v) is 5.11. The third-order valence-electron chi connectivity index (χ3n) is 1.86. The van der Waals surface area contributed by atoms with E-state index in [1.807, 2.05) is 13.0 Å².